The summed E-state index contributed by atoms with van der Waals surface area (Å²) in [5.74, 6) is -0.0177. The molecule has 4 aromatic rings. The normalized spacial score (nSPS) is 12.1. The maximum atomic E-state index is 12.6. The molecule has 270 valence electrons. The quantitative estimate of drug-likeness (QED) is 0.0625. The van der Waals surface area contributed by atoms with E-state index in [0.29, 0.717) is 36.2 Å². The number of aryl methyl sites for hydroxylation is 2. The number of carbonyl (C=O) groups excluding carboxylic acids is 2. The Hall–Kier alpha value is -5.38. The van der Waals surface area contributed by atoms with Gasteiger partial charge in [-0.3, -0.25) is 10.2 Å². The number of hydrazone groups is 1. The lowest BCUT2D eigenvalue weighted by molar-refractivity contribution is -0.274. The van der Waals surface area contributed by atoms with E-state index >= 15 is 0 Å². The summed E-state index contributed by atoms with van der Waals surface area (Å²) >= 11 is 1.20. The van der Waals surface area contributed by atoms with Crippen LogP contribution in [0.2, 0.25) is 0 Å². The zero-order valence-corrected chi connectivity index (χ0v) is 29.6. The average Bonchev–Trinajstić information content (AvgIpc) is 3.54. The first-order valence-electron chi connectivity index (χ1n) is 15.8. The number of nitrogens with zero attached hydrogens (tertiary/aromatic N) is 5. The number of thioether (sulfide) groups is 1. The van der Waals surface area contributed by atoms with E-state index in [2.05, 4.69) is 36.0 Å². The van der Waals surface area contributed by atoms with E-state index in [4.69, 9.17) is 9.73 Å². The number of rotatable bonds is 12. The molecule has 0 aliphatic rings. The summed E-state index contributed by atoms with van der Waals surface area (Å²) in [6.07, 6.45) is -1.66. The molecule has 3 aromatic carbocycles. The molecule has 0 bridgehead atoms. The van der Waals surface area contributed by atoms with Crippen LogP contribution >= 0.6 is 11.8 Å². The third-order valence-corrected chi connectivity index (χ3v) is 7.57. The lowest BCUT2D eigenvalue weighted by atomic mass is 10.1. The van der Waals surface area contributed by atoms with Gasteiger partial charge in [0, 0.05) is 18.7 Å². The van der Waals surface area contributed by atoms with E-state index in [0.717, 1.165) is 27.9 Å². The number of aliphatic imine (C=N–C) groups is 1. The molecule has 0 fully saturated rings. The van der Waals surface area contributed by atoms with Gasteiger partial charge in [0.25, 0.3) is 0 Å². The molecule has 2 amide bonds. The Bertz CT molecular complexity index is 1820. The molecule has 12 nitrogen and oxygen atoms in total. The number of carbonyl (C=O) groups is 2. The van der Waals surface area contributed by atoms with Gasteiger partial charge in [-0.1, -0.05) is 54.2 Å². The van der Waals surface area contributed by atoms with Gasteiger partial charge in [0.15, 0.2) is 11.0 Å². The van der Waals surface area contributed by atoms with Crippen molar-refractivity contribution in [3.05, 3.63) is 89.7 Å². The van der Waals surface area contributed by atoms with E-state index in [1.54, 1.807) is 27.0 Å². The first-order valence-corrected chi connectivity index (χ1v) is 16.8. The zero-order chi connectivity index (χ0) is 37.0. The number of amides is 2. The van der Waals surface area contributed by atoms with E-state index in [1.807, 2.05) is 56.3 Å². The molecule has 0 saturated heterocycles. The topological polar surface area (TPSA) is 144 Å². The van der Waals surface area contributed by atoms with Gasteiger partial charge in [-0.05, 0) is 82.0 Å². The maximum Gasteiger partial charge on any atom is 0.573 e. The predicted molar refractivity (Wildman–Crippen MR) is 192 cm³/mol. The highest BCUT2D eigenvalue weighted by Gasteiger charge is 2.31. The van der Waals surface area contributed by atoms with Crippen LogP contribution in [0, 0.1) is 13.8 Å². The fraction of sp³-hybridized carbons (Fsp3) is 0.314. The molecule has 51 heavy (non-hydrogen) atoms. The third kappa shape index (κ3) is 13.1. The van der Waals surface area contributed by atoms with Crippen molar-refractivity contribution in [2.45, 2.75) is 53.0 Å². The minimum Gasteiger partial charge on any atom is -0.444 e. The predicted octanol–water partition coefficient (Wildman–Crippen LogP) is 6.83. The largest absolute Gasteiger partial charge is 0.573 e. The minimum absolute atomic E-state index is 0.0889. The molecule has 0 spiro atoms. The summed E-state index contributed by atoms with van der Waals surface area (Å²) in [6.45, 7) is 10.0. The molecule has 3 N–H and O–H groups in total. The second kappa shape index (κ2) is 17.5. The van der Waals surface area contributed by atoms with Crippen LogP contribution in [-0.4, -0.2) is 69.0 Å². The lowest BCUT2D eigenvalue weighted by Crippen LogP contribution is -2.34. The van der Waals surface area contributed by atoms with Crippen molar-refractivity contribution < 1.29 is 32.2 Å². The fourth-order valence-electron chi connectivity index (χ4n) is 4.38. The van der Waals surface area contributed by atoms with Crippen LogP contribution in [0.3, 0.4) is 0 Å². The summed E-state index contributed by atoms with van der Waals surface area (Å²) in [6, 6.07) is 18.4. The van der Waals surface area contributed by atoms with Crippen molar-refractivity contribution in [3.63, 3.8) is 0 Å². The third-order valence-electron chi connectivity index (χ3n) is 6.71. The smallest absolute Gasteiger partial charge is 0.444 e. The molecule has 1 aromatic heterocycles. The molecule has 0 aliphatic carbocycles. The summed E-state index contributed by atoms with van der Waals surface area (Å²) in [5.41, 5.74) is 7.09. The number of ether oxygens (including phenoxy) is 2. The number of alkyl carbamates (subject to hydrolysis) is 1. The summed E-state index contributed by atoms with van der Waals surface area (Å²) in [4.78, 5) is 33.4. The number of benzene rings is 3. The monoisotopic (exact) mass is 724 g/mol. The molecule has 4 rings (SSSR count). The van der Waals surface area contributed by atoms with Crippen LogP contribution in [0.25, 0.3) is 17.1 Å². The molecule has 0 unspecified atom stereocenters. The number of amidine groups is 1. The van der Waals surface area contributed by atoms with E-state index in [-0.39, 0.29) is 17.4 Å². The molecule has 0 atom stereocenters. The van der Waals surface area contributed by atoms with Crippen molar-refractivity contribution in [1.82, 2.24) is 30.8 Å². The van der Waals surface area contributed by atoms with Gasteiger partial charge >= 0.3 is 12.5 Å². The summed E-state index contributed by atoms with van der Waals surface area (Å²) < 4.78 is 47.9. The van der Waals surface area contributed by atoms with Crippen LogP contribution in [0.15, 0.2) is 83.2 Å². The number of hydrogen-bond donors (Lipinski definition) is 3. The highest BCUT2D eigenvalue weighted by atomic mass is 32.2. The number of para-hydroxylation sites is 1. The molecular formula is C35H39F3N8O4S. The Morgan fingerprint density at radius 1 is 0.941 bits per heavy atom. The standard InChI is InChI=1S/C35H39F3N8O4S/c1-23-8-6-9-24(2)30(23)43-32(51-21-29(47)39-18-7-19-40-33(48)50-34(3,4)5)44-42-20-25-10-12-26(13-11-25)31-41-22-46(45-31)27-14-16-28(17-15-27)49-35(36,37)38/h6,8-17,20,22H,7,18-19,21H2,1-5H3,(H,39,47)(H,40,48)(H,43,44)/b42-20+. The highest BCUT2D eigenvalue weighted by molar-refractivity contribution is 8.14. The Morgan fingerprint density at radius 3 is 2.25 bits per heavy atom. The molecule has 0 radical (unpaired) electrons. The van der Waals surface area contributed by atoms with Gasteiger partial charge in [-0.25, -0.2) is 19.5 Å². The first-order chi connectivity index (χ1) is 24.1. The van der Waals surface area contributed by atoms with Gasteiger partial charge in [-0.2, -0.15) is 5.10 Å². The average molecular weight is 725 g/mol. The van der Waals surface area contributed by atoms with Crippen LogP contribution in [0.4, 0.5) is 23.7 Å². The van der Waals surface area contributed by atoms with Gasteiger partial charge in [-0.15, -0.1) is 18.3 Å². The van der Waals surface area contributed by atoms with Crippen molar-refractivity contribution in [2.75, 3.05) is 18.8 Å². The van der Waals surface area contributed by atoms with Gasteiger partial charge in [0.05, 0.1) is 23.3 Å². The second-order valence-electron chi connectivity index (χ2n) is 12.1. The van der Waals surface area contributed by atoms with Crippen LogP contribution in [-0.2, 0) is 9.53 Å². The SMILES string of the molecule is Cc1cccc(C)c1/N=C(/N/N=C/c1ccc(-c2ncn(-c3ccc(OC(F)(F)F)cc3)n2)cc1)SCC(=O)NCCCNC(=O)OC(C)(C)C. The highest BCUT2D eigenvalue weighted by Crippen LogP contribution is 2.25. The van der Waals surface area contributed by atoms with E-state index in [9.17, 15) is 22.8 Å². The van der Waals surface area contributed by atoms with Crippen LogP contribution in [0.5, 0.6) is 5.75 Å². The molecular weight excluding hydrogens is 685 g/mol. The van der Waals surface area contributed by atoms with E-state index in [1.165, 1.54) is 47.0 Å². The number of nitrogens with one attached hydrogen (secondary N) is 3. The zero-order valence-electron chi connectivity index (χ0n) is 28.7. The van der Waals surface area contributed by atoms with Crippen molar-refractivity contribution >= 4 is 40.8 Å². The summed E-state index contributed by atoms with van der Waals surface area (Å²) in [5, 5.41) is 14.7. The fourth-order valence-corrected chi connectivity index (χ4v) is 5.02. The van der Waals surface area contributed by atoms with Crippen molar-refractivity contribution in [2.24, 2.45) is 10.1 Å². The van der Waals surface area contributed by atoms with Gasteiger partial charge < -0.3 is 20.1 Å². The maximum absolute atomic E-state index is 12.6. The first kappa shape index (κ1) is 38.4. The summed E-state index contributed by atoms with van der Waals surface area (Å²) in [7, 11) is 0. The van der Waals surface area contributed by atoms with Crippen LogP contribution in [0.1, 0.15) is 43.9 Å². The van der Waals surface area contributed by atoms with Gasteiger partial charge in [0.1, 0.15) is 17.7 Å². The Kier molecular flexibility index (Phi) is 13.2. The van der Waals surface area contributed by atoms with E-state index < -0.39 is 18.1 Å². The molecule has 16 heteroatoms. The number of aromatic nitrogens is 3. The minimum atomic E-state index is -4.77. The van der Waals surface area contributed by atoms with Crippen LogP contribution < -0.4 is 20.8 Å². The number of hydrogen-bond acceptors (Lipinski definition) is 9. The molecule has 0 saturated carbocycles. The Morgan fingerprint density at radius 2 is 1.61 bits per heavy atom. The van der Waals surface area contributed by atoms with Gasteiger partial charge in [0.2, 0.25) is 5.91 Å². The second-order valence-corrected chi connectivity index (χ2v) is 13.1. The Labute approximate surface area is 297 Å². The molecule has 0 aliphatic heterocycles. The van der Waals surface area contributed by atoms with Crippen molar-refractivity contribution in [1.29, 1.82) is 0 Å². The number of alkyl halides is 3. The lowest BCUT2D eigenvalue weighted by Gasteiger charge is -2.19. The van der Waals surface area contributed by atoms with Crippen molar-refractivity contribution in [3.8, 4) is 22.8 Å². The molecule has 1 heterocycles. The Balaban J connectivity index is 1.33. The number of halogens is 3.